The van der Waals surface area contributed by atoms with E-state index >= 15 is 0 Å². The second kappa shape index (κ2) is 4.38. The predicted molar refractivity (Wildman–Crippen MR) is 53.3 cm³/mol. The molecule has 0 heterocycles. The van der Waals surface area contributed by atoms with Gasteiger partial charge < -0.3 is 9.79 Å². The summed E-state index contributed by atoms with van der Waals surface area (Å²) in [5, 5.41) is 0. The fourth-order valence-corrected chi connectivity index (χ4v) is 1.96. The Morgan fingerprint density at radius 2 is 1.67 bits per heavy atom. The van der Waals surface area contributed by atoms with Gasteiger partial charge in [-0.05, 0) is 12.8 Å². The van der Waals surface area contributed by atoms with E-state index in [1.165, 1.54) is 12.2 Å². The maximum atomic E-state index is 11.0. The SMILES string of the molecule is C=CCC(Br)(CC=C)P(=O)(O)O. The molecule has 0 spiro atoms. The Hall–Kier alpha value is 0.110. The Morgan fingerprint density at radius 1 is 1.33 bits per heavy atom. The number of halogens is 1. The van der Waals surface area contributed by atoms with Crippen LogP contribution in [0.15, 0.2) is 25.3 Å². The second-order valence-corrected chi connectivity index (χ2v) is 6.52. The van der Waals surface area contributed by atoms with Crippen LogP contribution in [-0.2, 0) is 4.57 Å². The molecule has 0 bridgehead atoms. The van der Waals surface area contributed by atoms with E-state index in [9.17, 15) is 4.57 Å². The molecule has 0 aliphatic heterocycles. The maximum absolute atomic E-state index is 11.0. The molecule has 0 aliphatic rings. The monoisotopic (exact) mass is 254 g/mol. The number of hydrogen-bond donors (Lipinski definition) is 2. The highest BCUT2D eigenvalue weighted by Crippen LogP contribution is 2.58. The molecule has 0 amide bonds. The Morgan fingerprint density at radius 3 is 1.83 bits per heavy atom. The number of hydrogen-bond acceptors (Lipinski definition) is 1. The summed E-state index contributed by atoms with van der Waals surface area (Å²) < 4.78 is 9.77. The van der Waals surface area contributed by atoms with Gasteiger partial charge in [-0.25, -0.2) is 0 Å². The van der Waals surface area contributed by atoms with Gasteiger partial charge in [0.1, 0.15) is 4.07 Å². The summed E-state index contributed by atoms with van der Waals surface area (Å²) in [6, 6.07) is 0. The molecule has 0 aromatic carbocycles. The average molecular weight is 255 g/mol. The number of alkyl halides is 1. The molecular formula is C7H12BrO3P. The van der Waals surface area contributed by atoms with Crippen molar-refractivity contribution < 1.29 is 14.4 Å². The lowest BCUT2D eigenvalue weighted by Gasteiger charge is -2.25. The Labute approximate surface area is 80.5 Å². The van der Waals surface area contributed by atoms with Crippen molar-refractivity contribution in [2.24, 2.45) is 0 Å². The van der Waals surface area contributed by atoms with Crippen LogP contribution in [0.1, 0.15) is 12.8 Å². The maximum Gasteiger partial charge on any atom is 0.342 e. The summed E-state index contributed by atoms with van der Waals surface area (Å²) in [5.41, 5.74) is 0. The van der Waals surface area contributed by atoms with Crippen LogP contribution in [0.25, 0.3) is 0 Å². The molecule has 0 unspecified atom stereocenters. The van der Waals surface area contributed by atoms with Crippen molar-refractivity contribution in [3.05, 3.63) is 25.3 Å². The van der Waals surface area contributed by atoms with Gasteiger partial charge >= 0.3 is 7.60 Å². The Balaban J connectivity index is 4.72. The van der Waals surface area contributed by atoms with Gasteiger partial charge in [0.25, 0.3) is 0 Å². The highest BCUT2D eigenvalue weighted by Gasteiger charge is 2.42. The summed E-state index contributed by atoms with van der Waals surface area (Å²) in [6.07, 6.45) is 3.36. The summed E-state index contributed by atoms with van der Waals surface area (Å²) >= 11 is 3.02. The molecule has 0 aromatic rings. The molecule has 70 valence electrons. The van der Waals surface area contributed by atoms with Crippen molar-refractivity contribution in [3.63, 3.8) is 0 Å². The molecule has 0 radical (unpaired) electrons. The van der Waals surface area contributed by atoms with E-state index in [0.29, 0.717) is 0 Å². The third-order valence-electron chi connectivity index (χ3n) is 1.44. The van der Waals surface area contributed by atoms with Gasteiger partial charge in [0.2, 0.25) is 0 Å². The minimum Gasteiger partial charge on any atom is -0.323 e. The highest BCUT2D eigenvalue weighted by atomic mass is 79.9. The Kier molecular flexibility index (Phi) is 4.42. The molecule has 3 nitrogen and oxygen atoms in total. The molecule has 0 atom stereocenters. The van der Waals surface area contributed by atoms with E-state index in [-0.39, 0.29) is 12.8 Å². The first-order valence-electron chi connectivity index (χ1n) is 3.34. The van der Waals surface area contributed by atoms with Gasteiger partial charge in [0.15, 0.2) is 0 Å². The zero-order chi connectivity index (χ0) is 9.83. The largest absolute Gasteiger partial charge is 0.342 e. The standard InChI is InChI=1S/C7H12BrO3P/c1-3-5-7(8,6-4-2)12(9,10)11/h3-4H,1-2,5-6H2,(H2,9,10,11). The Bertz CT molecular complexity index is 211. The first-order chi connectivity index (χ1) is 5.37. The molecule has 12 heavy (non-hydrogen) atoms. The van der Waals surface area contributed by atoms with E-state index in [4.69, 9.17) is 9.79 Å². The minimum absolute atomic E-state index is 0.212. The van der Waals surface area contributed by atoms with Crippen LogP contribution >= 0.6 is 23.5 Å². The fourth-order valence-electron chi connectivity index (χ4n) is 0.764. The van der Waals surface area contributed by atoms with Crippen LogP contribution in [0.2, 0.25) is 0 Å². The van der Waals surface area contributed by atoms with Gasteiger partial charge in [0, 0.05) is 0 Å². The van der Waals surface area contributed by atoms with Gasteiger partial charge in [-0.3, -0.25) is 4.57 Å². The lowest BCUT2D eigenvalue weighted by Crippen LogP contribution is -2.18. The van der Waals surface area contributed by atoms with E-state index < -0.39 is 11.7 Å². The van der Waals surface area contributed by atoms with Crippen molar-refractivity contribution in [1.82, 2.24) is 0 Å². The fraction of sp³-hybridized carbons (Fsp3) is 0.429. The van der Waals surface area contributed by atoms with Crippen molar-refractivity contribution >= 4 is 23.5 Å². The van der Waals surface area contributed by atoms with Crippen LogP contribution in [0.5, 0.6) is 0 Å². The zero-order valence-electron chi connectivity index (χ0n) is 6.61. The first kappa shape index (κ1) is 12.1. The zero-order valence-corrected chi connectivity index (χ0v) is 9.09. The van der Waals surface area contributed by atoms with E-state index in [1.807, 2.05) is 0 Å². The number of rotatable bonds is 5. The van der Waals surface area contributed by atoms with Gasteiger partial charge in [-0.1, -0.05) is 28.1 Å². The lowest BCUT2D eigenvalue weighted by atomic mass is 10.2. The molecule has 0 saturated carbocycles. The summed E-state index contributed by atoms with van der Waals surface area (Å²) in [7, 11) is -4.15. The van der Waals surface area contributed by atoms with Crippen LogP contribution in [0.4, 0.5) is 0 Å². The first-order valence-corrected chi connectivity index (χ1v) is 5.74. The molecule has 2 N–H and O–H groups in total. The third kappa shape index (κ3) is 2.87. The normalized spacial score (nSPS) is 12.6. The van der Waals surface area contributed by atoms with E-state index in [2.05, 4.69) is 29.1 Å². The summed E-state index contributed by atoms with van der Waals surface area (Å²) in [5.74, 6) is 0. The topological polar surface area (TPSA) is 57.5 Å². The van der Waals surface area contributed by atoms with Gasteiger partial charge in [0.05, 0.1) is 0 Å². The smallest absolute Gasteiger partial charge is 0.323 e. The lowest BCUT2D eigenvalue weighted by molar-refractivity contribution is 0.352. The van der Waals surface area contributed by atoms with Crippen molar-refractivity contribution in [1.29, 1.82) is 0 Å². The van der Waals surface area contributed by atoms with Gasteiger partial charge in [-0.15, -0.1) is 13.2 Å². The molecule has 0 saturated heterocycles. The molecular weight excluding hydrogens is 243 g/mol. The number of allylic oxidation sites excluding steroid dienone is 2. The quantitative estimate of drug-likeness (QED) is 0.450. The summed E-state index contributed by atoms with van der Waals surface area (Å²) in [6.45, 7) is 6.87. The van der Waals surface area contributed by atoms with Crippen molar-refractivity contribution in [2.45, 2.75) is 16.9 Å². The van der Waals surface area contributed by atoms with Crippen molar-refractivity contribution in [3.8, 4) is 0 Å². The van der Waals surface area contributed by atoms with Crippen molar-refractivity contribution in [2.75, 3.05) is 0 Å². The second-order valence-electron chi connectivity index (χ2n) is 2.45. The molecule has 0 aromatic heterocycles. The molecule has 0 aliphatic carbocycles. The minimum atomic E-state index is -4.15. The van der Waals surface area contributed by atoms with Crippen LogP contribution in [-0.4, -0.2) is 13.9 Å². The van der Waals surface area contributed by atoms with E-state index in [0.717, 1.165) is 0 Å². The third-order valence-corrected chi connectivity index (χ3v) is 4.88. The van der Waals surface area contributed by atoms with Crippen LogP contribution in [0.3, 0.4) is 0 Å². The average Bonchev–Trinajstić information content (AvgIpc) is 1.86. The van der Waals surface area contributed by atoms with Crippen LogP contribution < -0.4 is 0 Å². The summed E-state index contributed by atoms with van der Waals surface area (Å²) in [4.78, 5) is 17.9. The highest BCUT2D eigenvalue weighted by molar-refractivity contribution is 9.11. The van der Waals surface area contributed by atoms with E-state index in [1.54, 1.807) is 0 Å². The molecule has 0 rings (SSSR count). The predicted octanol–water partition coefficient (Wildman–Crippen LogP) is 2.41. The van der Waals surface area contributed by atoms with Crippen LogP contribution in [0, 0.1) is 0 Å². The van der Waals surface area contributed by atoms with Gasteiger partial charge in [-0.2, -0.15) is 0 Å². The molecule has 0 fully saturated rings. The molecule has 5 heteroatoms.